The van der Waals surface area contributed by atoms with E-state index < -0.39 is 6.04 Å². The van der Waals surface area contributed by atoms with Gasteiger partial charge in [0.05, 0.1) is 11.8 Å². The molecule has 1 aliphatic carbocycles. The van der Waals surface area contributed by atoms with Crippen LogP contribution in [0.15, 0.2) is 17.1 Å². The number of guanidine groups is 1. The molecule has 40 heavy (non-hydrogen) atoms. The van der Waals surface area contributed by atoms with Gasteiger partial charge in [0.15, 0.2) is 5.96 Å². The van der Waals surface area contributed by atoms with Gasteiger partial charge in [-0.1, -0.05) is 25.5 Å². The molecular formula is C29H55N7O3S. The minimum Gasteiger partial charge on any atom is -0.359 e. The van der Waals surface area contributed by atoms with Crippen molar-refractivity contribution in [1.29, 1.82) is 0 Å². The summed E-state index contributed by atoms with van der Waals surface area (Å²) in [6.07, 6.45) is 17.1. The number of aliphatic imine (C=N–C) groups is 1. The van der Waals surface area contributed by atoms with Gasteiger partial charge in [-0.15, -0.1) is 0 Å². The second kappa shape index (κ2) is 22.4. The minimum absolute atomic E-state index is 0.0246. The molecule has 3 amide bonds. The first-order chi connectivity index (χ1) is 19.3. The van der Waals surface area contributed by atoms with E-state index in [1.54, 1.807) is 14.1 Å². The van der Waals surface area contributed by atoms with Crippen molar-refractivity contribution in [3.8, 4) is 0 Å². The summed E-state index contributed by atoms with van der Waals surface area (Å²) in [5.41, 5.74) is 6.37. The molecule has 1 aliphatic rings. The van der Waals surface area contributed by atoms with Gasteiger partial charge < -0.3 is 32.3 Å². The molecule has 0 aromatic carbocycles. The summed E-state index contributed by atoms with van der Waals surface area (Å²) in [5.74, 6) is 1.29. The van der Waals surface area contributed by atoms with E-state index in [2.05, 4.69) is 50.7 Å². The first kappa shape index (κ1) is 35.8. The number of amides is 3. The largest absolute Gasteiger partial charge is 0.359 e. The maximum Gasteiger partial charge on any atom is 0.236 e. The molecule has 0 saturated carbocycles. The van der Waals surface area contributed by atoms with Gasteiger partial charge in [0.2, 0.25) is 17.7 Å². The van der Waals surface area contributed by atoms with Crippen LogP contribution in [0.3, 0.4) is 0 Å². The maximum atomic E-state index is 12.1. The highest BCUT2D eigenvalue weighted by Gasteiger charge is 2.23. The third kappa shape index (κ3) is 18.1. The van der Waals surface area contributed by atoms with Crippen molar-refractivity contribution >= 4 is 35.4 Å². The van der Waals surface area contributed by atoms with Crippen LogP contribution in [0, 0.1) is 5.41 Å². The number of nitrogens with zero attached hydrogens (tertiary/aromatic N) is 1. The Hall–Kier alpha value is -2.27. The van der Waals surface area contributed by atoms with E-state index in [0.29, 0.717) is 49.7 Å². The van der Waals surface area contributed by atoms with E-state index in [9.17, 15) is 14.4 Å². The third-order valence-electron chi connectivity index (χ3n) is 7.23. The van der Waals surface area contributed by atoms with Gasteiger partial charge in [-0.2, -0.15) is 11.8 Å². The monoisotopic (exact) mass is 581 g/mol. The molecular weight excluding hydrogens is 526 g/mol. The van der Waals surface area contributed by atoms with E-state index in [-0.39, 0.29) is 29.9 Å². The molecule has 0 saturated heterocycles. The van der Waals surface area contributed by atoms with Crippen molar-refractivity contribution in [2.75, 3.05) is 51.8 Å². The fraction of sp³-hybridized carbons (Fsp3) is 0.793. The Kier molecular flexibility index (Phi) is 20.0. The molecule has 10 nitrogen and oxygen atoms in total. The Morgan fingerprint density at radius 1 is 0.925 bits per heavy atom. The summed E-state index contributed by atoms with van der Waals surface area (Å²) in [6.45, 7) is 4.58. The topological polar surface area (TPSA) is 150 Å². The van der Waals surface area contributed by atoms with Crippen molar-refractivity contribution in [2.45, 2.75) is 90.0 Å². The van der Waals surface area contributed by atoms with Crippen LogP contribution in [-0.2, 0) is 14.4 Å². The van der Waals surface area contributed by atoms with Gasteiger partial charge in [0.25, 0.3) is 0 Å². The summed E-state index contributed by atoms with van der Waals surface area (Å²) in [5, 5.41) is 14.6. The normalized spacial score (nSPS) is 16.9. The molecule has 11 heteroatoms. The summed E-state index contributed by atoms with van der Waals surface area (Å²) in [4.78, 5) is 40.2. The van der Waals surface area contributed by atoms with E-state index in [0.717, 1.165) is 19.3 Å². The highest BCUT2D eigenvalue weighted by Crippen LogP contribution is 2.36. The van der Waals surface area contributed by atoms with Gasteiger partial charge >= 0.3 is 0 Å². The van der Waals surface area contributed by atoms with Crippen LogP contribution < -0.4 is 32.3 Å². The molecule has 0 radical (unpaired) electrons. The van der Waals surface area contributed by atoms with Crippen molar-refractivity contribution in [2.24, 2.45) is 16.1 Å². The molecule has 1 rings (SSSR count). The Balaban J connectivity index is 2.00. The summed E-state index contributed by atoms with van der Waals surface area (Å²) < 4.78 is 0. The van der Waals surface area contributed by atoms with Crippen LogP contribution in [0.5, 0.6) is 0 Å². The predicted octanol–water partition coefficient (Wildman–Crippen LogP) is 2.45. The van der Waals surface area contributed by atoms with Gasteiger partial charge in [0, 0.05) is 52.4 Å². The van der Waals surface area contributed by atoms with Crippen molar-refractivity contribution in [1.82, 2.24) is 26.6 Å². The first-order valence-electron chi connectivity index (χ1n) is 15.0. The van der Waals surface area contributed by atoms with E-state index >= 15 is 0 Å². The van der Waals surface area contributed by atoms with E-state index in [1.165, 1.54) is 56.7 Å². The lowest BCUT2D eigenvalue weighted by Crippen LogP contribution is -2.42. The van der Waals surface area contributed by atoms with Crippen molar-refractivity contribution in [3.05, 3.63) is 12.2 Å². The number of nitrogens with two attached hydrogens (primary N) is 1. The van der Waals surface area contributed by atoms with Gasteiger partial charge in [-0.05, 0) is 69.6 Å². The van der Waals surface area contributed by atoms with Crippen LogP contribution in [0.2, 0.25) is 0 Å². The lowest BCUT2D eigenvalue weighted by Gasteiger charge is -2.29. The standard InChI is InChI=1S/C29H55N7O3S/c1-29(15-8-6-4-5-7-9-16-29)17-10-11-18-33-25(37)14-20-34-26(38)23-40-22-21-35-27(39)24(30)13-12-19-36-28(31-2)32-3/h4-5,24H,6-23,30H2,1-3H3,(H,33,37)(H,34,38)(H,35,39)(H2,31,32,36)/b5-4-. The van der Waals surface area contributed by atoms with Crippen LogP contribution in [0.1, 0.15) is 84.0 Å². The molecule has 0 aliphatic heterocycles. The molecule has 0 spiro atoms. The SMILES string of the molecule is CN=C(NC)NCCCC(N)C(=O)NCCSCC(=O)NCCC(=O)NCCCCC1(C)CCC/C=C\CCC1. The molecule has 0 bridgehead atoms. The molecule has 0 fully saturated rings. The molecule has 1 atom stereocenters. The fourth-order valence-electron chi connectivity index (χ4n) is 4.75. The maximum absolute atomic E-state index is 12.1. The molecule has 7 N–H and O–H groups in total. The second-order valence-electron chi connectivity index (χ2n) is 10.8. The smallest absolute Gasteiger partial charge is 0.236 e. The molecule has 0 aromatic rings. The molecule has 230 valence electrons. The van der Waals surface area contributed by atoms with Crippen LogP contribution in [-0.4, -0.2) is 81.5 Å². The number of carbonyl (C=O) groups excluding carboxylic acids is 3. The number of allylic oxidation sites excluding steroid dienone is 2. The molecule has 0 aromatic heterocycles. The number of nitrogens with one attached hydrogen (secondary N) is 5. The number of rotatable bonds is 18. The van der Waals surface area contributed by atoms with Crippen LogP contribution >= 0.6 is 11.8 Å². The van der Waals surface area contributed by atoms with Gasteiger partial charge in [-0.3, -0.25) is 19.4 Å². The van der Waals surface area contributed by atoms with Gasteiger partial charge in [0.1, 0.15) is 0 Å². The highest BCUT2D eigenvalue weighted by atomic mass is 32.2. The fourth-order valence-corrected chi connectivity index (χ4v) is 5.42. The Bertz CT molecular complexity index is 780. The Labute approximate surface area is 246 Å². The summed E-state index contributed by atoms with van der Waals surface area (Å²) in [7, 11) is 3.48. The lowest BCUT2D eigenvalue weighted by atomic mass is 9.76. The zero-order valence-corrected chi connectivity index (χ0v) is 25.9. The Morgan fingerprint density at radius 2 is 1.60 bits per heavy atom. The van der Waals surface area contributed by atoms with Gasteiger partial charge in [-0.25, -0.2) is 0 Å². The van der Waals surface area contributed by atoms with Crippen molar-refractivity contribution < 1.29 is 14.4 Å². The van der Waals surface area contributed by atoms with Crippen LogP contribution in [0.4, 0.5) is 0 Å². The average molecular weight is 582 g/mol. The highest BCUT2D eigenvalue weighted by molar-refractivity contribution is 7.99. The molecule has 0 heterocycles. The number of hydrogen-bond donors (Lipinski definition) is 6. The van der Waals surface area contributed by atoms with E-state index in [4.69, 9.17) is 5.73 Å². The van der Waals surface area contributed by atoms with Crippen LogP contribution in [0.25, 0.3) is 0 Å². The number of hydrogen-bond acceptors (Lipinski definition) is 6. The number of unbranched alkanes of at least 4 members (excludes halogenated alkanes) is 1. The Morgan fingerprint density at radius 3 is 2.27 bits per heavy atom. The number of carbonyl (C=O) groups is 3. The third-order valence-corrected chi connectivity index (χ3v) is 8.19. The van der Waals surface area contributed by atoms with E-state index in [1.807, 2.05) is 0 Å². The first-order valence-corrected chi connectivity index (χ1v) is 16.1. The lowest BCUT2D eigenvalue weighted by molar-refractivity contribution is -0.123. The summed E-state index contributed by atoms with van der Waals surface area (Å²) >= 11 is 1.44. The quantitative estimate of drug-likeness (QED) is 0.0630. The zero-order chi connectivity index (χ0) is 29.5. The molecule has 1 unspecified atom stereocenters. The minimum atomic E-state index is -0.561. The second-order valence-corrected chi connectivity index (χ2v) is 11.9. The predicted molar refractivity (Wildman–Crippen MR) is 167 cm³/mol. The zero-order valence-electron chi connectivity index (χ0n) is 25.1. The van der Waals surface area contributed by atoms with Crippen molar-refractivity contribution in [3.63, 3.8) is 0 Å². The average Bonchev–Trinajstić information content (AvgIpc) is 3.04. The number of thioether (sulfide) groups is 1. The summed E-state index contributed by atoms with van der Waals surface area (Å²) in [6, 6.07) is -0.561.